The number of carbonyl (C=O) groups is 1. The topological polar surface area (TPSA) is 89.6 Å². The first-order valence-electron chi connectivity index (χ1n) is 5.61. The molecule has 0 unspecified atom stereocenters. The van der Waals surface area contributed by atoms with E-state index >= 15 is 0 Å². The van der Waals surface area contributed by atoms with Gasteiger partial charge < -0.3 is 9.15 Å². The van der Waals surface area contributed by atoms with E-state index in [0.29, 0.717) is 6.61 Å². The summed E-state index contributed by atoms with van der Waals surface area (Å²) in [5, 5.41) is 3.77. The molecule has 2 heterocycles. The highest BCUT2D eigenvalue weighted by Crippen LogP contribution is 2.11. The molecule has 0 bridgehead atoms. The summed E-state index contributed by atoms with van der Waals surface area (Å²) >= 11 is 0. The number of oxazole rings is 1. The Morgan fingerprint density at radius 2 is 2.47 bits per heavy atom. The lowest BCUT2D eigenvalue weighted by molar-refractivity contribution is 0.0912. The van der Waals surface area contributed by atoms with E-state index in [1.807, 2.05) is 0 Å². The second kappa shape index (κ2) is 6.29. The van der Waals surface area contributed by atoms with E-state index in [2.05, 4.69) is 20.5 Å². The summed E-state index contributed by atoms with van der Waals surface area (Å²) < 4.78 is 10.1. The fraction of sp³-hybridized carbons (Fsp3) is 0.167. The Morgan fingerprint density at radius 1 is 1.58 bits per heavy atom. The van der Waals surface area contributed by atoms with Crippen LogP contribution in [0.5, 0.6) is 5.95 Å². The van der Waals surface area contributed by atoms with Crippen LogP contribution < -0.4 is 10.2 Å². The molecular formula is C12H12N4O3. The van der Waals surface area contributed by atoms with Crippen LogP contribution >= 0.6 is 0 Å². The van der Waals surface area contributed by atoms with E-state index in [0.717, 1.165) is 5.56 Å². The fourth-order valence-corrected chi connectivity index (χ4v) is 1.24. The number of carbonyl (C=O) groups excluding carboxylic acids is 1. The number of hydrogen-bond donors (Lipinski definition) is 1. The van der Waals surface area contributed by atoms with Crippen LogP contribution in [0.15, 0.2) is 40.2 Å². The summed E-state index contributed by atoms with van der Waals surface area (Å²) in [5.74, 6) is -0.457. The first kappa shape index (κ1) is 12.7. The van der Waals surface area contributed by atoms with E-state index in [9.17, 15) is 4.79 Å². The molecule has 0 aromatic carbocycles. The second-order valence-corrected chi connectivity index (χ2v) is 3.40. The van der Waals surface area contributed by atoms with Crippen molar-refractivity contribution in [2.75, 3.05) is 6.61 Å². The molecule has 1 N–H and O–H groups in total. The fourth-order valence-electron chi connectivity index (χ4n) is 1.24. The molecule has 0 atom stereocenters. The van der Waals surface area contributed by atoms with Crippen molar-refractivity contribution in [3.8, 4) is 5.95 Å². The van der Waals surface area contributed by atoms with Gasteiger partial charge in [-0.05, 0) is 13.0 Å². The number of nitrogens with one attached hydrogen (secondary N) is 1. The molecule has 0 saturated heterocycles. The van der Waals surface area contributed by atoms with Crippen LogP contribution in [0.25, 0.3) is 0 Å². The van der Waals surface area contributed by atoms with Crippen molar-refractivity contribution in [2.24, 2.45) is 5.10 Å². The van der Waals surface area contributed by atoms with Gasteiger partial charge in [-0.2, -0.15) is 5.10 Å². The number of rotatable bonds is 5. The first-order chi connectivity index (χ1) is 9.29. The maximum absolute atomic E-state index is 11.6. The average Bonchev–Trinajstić information content (AvgIpc) is 2.89. The molecule has 0 saturated carbocycles. The highest BCUT2D eigenvalue weighted by Gasteiger charge is 2.12. The van der Waals surface area contributed by atoms with E-state index < -0.39 is 5.91 Å². The van der Waals surface area contributed by atoms with Gasteiger partial charge in [-0.25, -0.2) is 10.4 Å². The minimum atomic E-state index is -0.550. The molecule has 98 valence electrons. The average molecular weight is 260 g/mol. The van der Waals surface area contributed by atoms with Crippen LogP contribution in [0.3, 0.4) is 0 Å². The largest absolute Gasteiger partial charge is 0.464 e. The molecule has 1 amide bonds. The highest BCUT2D eigenvalue weighted by molar-refractivity contribution is 5.90. The molecule has 0 aliphatic rings. The van der Waals surface area contributed by atoms with Crippen molar-refractivity contribution in [3.63, 3.8) is 0 Å². The van der Waals surface area contributed by atoms with Crippen LogP contribution in [0.4, 0.5) is 0 Å². The van der Waals surface area contributed by atoms with Crippen molar-refractivity contribution >= 4 is 12.1 Å². The van der Waals surface area contributed by atoms with Crippen LogP contribution in [-0.2, 0) is 0 Å². The molecule has 0 aliphatic carbocycles. The number of nitrogens with zero attached hydrogens (tertiary/aromatic N) is 3. The van der Waals surface area contributed by atoms with Crippen molar-refractivity contribution < 1.29 is 13.9 Å². The van der Waals surface area contributed by atoms with Crippen molar-refractivity contribution in [1.82, 2.24) is 15.4 Å². The Bertz CT molecular complexity index is 565. The summed E-state index contributed by atoms with van der Waals surface area (Å²) in [7, 11) is 0. The zero-order valence-corrected chi connectivity index (χ0v) is 10.2. The number of ether oxygens (including phenoxy) is 1. The molecule has 0 spiro atoms. The third-order valence-electron chi connectivity index (χ3n) is 2.03. The normalized spacial score (nSPS) is 10.6. The number of amides is 1. The third-order valence-corrected chi connectivity index (χ3v) is 2.03. The quantitative estimate of drug-likeness (QED) is 0.645. The third kappa shape index (κ3) is 3.63. The van der Waals surface area contributed by atoms with Crippen molar-refractivity contribution in [3.05, 3.63) is 42.2 Å². The van der Waals surface area contributed by atoms with Crippen LogP contribution in [-0.4, -0.2) is 28.7 Å². The van der Waals surface area contributed by atoms with E-state index in [1.165, 1.54) is 12.4 Å². The van der Waals surface area contributed by atoms with Crippen LogP contribution in [0.2, 0.25) is 0 Å². The lowest BCUT2D eigenvalue weighted by Crippen LogP contribution is -2.17. The number of pyridine rings is 1. The van der Waals surface area contributed by atoms with Gasteiger partial charge in [-0.3, -0.25) is 9.78 Å². The van der Waals surface area contributed by atoms with E-state index in [1.54, 1.807) is 31.5 Å². The van der Waals surface area contributed by atoms with Gasteiger partial charge in [0.1, 0.15) is 6.20 Å². The number of aromatic nitrogens is 2. The van der Waals surface area contributed by atoms with Gasteiger partial charge in [0.2, 0.25) is 0 Å². The van der Waals surface area contributed by atoms with Crippen molar-refractivity contribution in [2.45, 2.75) is 6.92 Å². The maximum atomic E-state index is 11.6. The molecule has 7 nitrogen and oxygen atoms in total. The molecule has 0 aliphatic heterocycles. The monoisotopic (exact) mass is 260 g/mol. The predicted octanol–water partition coefficient (Wildman–Crippen LogP) is 1.23. The molecule has 7 heteroatoms. The minimum Gasteiger partial charge on any atom is -0.464 e. The molecular weight excluding hydrogens is 248 g/mol. The smallest absolute Gasteiger partial charge is 0.327 e. The Kier molecular flexibility index (Phi) is 4.22. The van der Waals surface area contributed by atoms with Gasteiger partial charge in [0.05, 0.1) is 12.8 Å². The van der Waals surface area contributed by atoms with Gasteiger partial charge in [-0.1, -0.05) is 6.07 Å². The standard InChI is InChI=1S/C12H12N4O3/c1-2-18-10-8-14-12(19-10)11(17)16-15-7-9-4-3-5-13-6-9/h3-8H,2H2,1H3,(H,16,17)/b15-7+. The Hall–Kier alpha value is -2.70. The minimum absolute atomic E-state index is 0.105. The van der Waals surface area contributed by atoms with Gasteiger partial charge in [0.15, 0.2) is 0 Å². The molecule has 2 rings (SSSR count). The SMILES string of the molecule is CCOc1cnc(C(=O)N/N=C/c2cccnc2)o1. The van der Waals surface area contributed by atoms with Gasteiger partial charge in [0.25, 0.3) is 5.89 Å². The van der Waals surface area contributed by atoms with E-state index in [4.69, 9.17) is 9.15 Å². The number of hydrogen-bond acceptors (Lipinski definition) is 6. The summed E-state index contributed by atoms with van der Waals surface area (Å²) in [4.78, 5) is 19.3. The second-order valence-electron chi connectivity index (χ2n) is 3.40. The highest BCUT2D eigenvalue weighted by atomic mass is 16.6. The molecule has 2 aromatic rings. The zero-order valence-electron chi connectivity index (χ0n) is 10.2. The summed E-state index contributed by atoms with van der Waals surface area (Å²) in [5.41, 5.74) is 3.06. The lowest BCUT2D eigenvalue weighted by atomic mass is 10.3. The molecule has 0 fully saturated rings. The van der Waals surface area contributed by atoms with Crippen LogP contribution in [0, 0.1) is 0 Å². The molecule has 19 heavy (non-hydrogen) atoms. The Labute approximate surface area is 109 Å². The summed E-state index contributed by atoms with van der Waals surface area (Å²) in [6, 6.07) is 3.58. The Balaban J connectivity index is 1.92. The lowest BCUT2D eigenvalue weighted by Gasteiger charge is -1.95. The molecule has 2 aromatic heterocycles. The van der Waals surface area contributed by atoms with Gasteiger partial charge in [-0.15, -0.1) is 0 Å². The predicted molar refractivity (Wildman–Crippen MR) is 67.0 cm³/mol. The van der Waals surface area contributed by atoms with Gasteiger partial charge >= 0.3 is 11.9 Å². The molecule has 0 radical (unpaired) electrons. The Morgan fingerprint density at radius 3 is 3.21 bits per heavy atom. The first-order valence-corrected chi connectivity index (χ1v) is 5.61. The maximum Gasteiger partial charge on any atom is 0.327 e. The van der Waals surface area contributed by atoms with Crippen LogP contribution in [0.1, 0.15) is 23.2 Å². The van der Waals surface area contributed by atoms with E-state index in [-0.39, 0.29) is 11.8 Å². The summed E-state index contributed by atoms with van der Waals surface area (Å²) in [6.45, 7) is 2.25. The van der Waals surface area contributed by atoms with Crippen molar-refractivity contribution in [1.29, 1.82) is 0 Å². The number of hydrazone groups is 1. The zero-order chi connectivity index (χ0) is 13.5. The van der Waals surface area contributed by atoms with Gasteiger partial charge in [0, 0.05) is 18.0 Å². The summed E-state index contributed by atoms with van der Waals surface area (Å²) in [6.07, 6.45) is 6.08.